The largest absolute Gasteiger partial charge is 0.321 e. The van der Waals surface area contributed by atoms with Gasteiger partial charge in [-0.25, -0.2) is 0 Å². The van der Waals surface area contributed by atoms with Gasteiger partial charge >= 0.3 is 0 Å². The molecule has 1 aromatic heterocycles. The van der Waals surface area contributed by atoms with E-state index in [1.54, 1.807) is 11.3 Å². The molecule has 2 saturated carbocycles. The fourth-order valence-corrected chi connectivity index (χ4v) is 3.97. The van der Waals surface area contributed by atoms with Gasteiger partial charge in [0.05, 0.1) is 0 Å². The average Bonchev–Trinajstić information content (AvgIpc) is 3.30. The molecule has 3 aliphatic rings. The maximum atomic E-state index is 12.7. The molecule has 1 aliphatic heterocycles. The Morgan fingerprint density at radius 3 is 2.74 bits per heavy atom. The molecule has 1 N–H and O–H groups in total. The monoisotopic (exact) mass is 276 g/mol. The molecule has 19 heavy (non-hydrogen) atoms. The zero-order chi connectivity index (χ0) is 13.1. The second kappa shape index (κ2) is 3.83. The van der Waals surface area contributed by atoms with Crippen LogP contribution in [-0.4, -0.2) is 22.9 Å². The van der Waals surface area contributed by atoms with Gasteiger partial charge in [-0.15, -0.1) is 0 Å². The van der Waals surface area contributed by atoms with E-state index in [1.165, 1.54) is 24.8 Å². The number of hydrogen-bond donors (Lipinski definition) is 1. The third kappa shape index (κ3) is 1.77. The van der Waals surface area contributed by atoms with Gasteiger partial charge in [-0.1, -0.05) is 6.92 Å². The standard InChI is InChI=1S/C15H20N2OS/c1-2-14(4-5-14)10-17-12(11-3-8-19-9-11)16-15(6-7-15)13(17)18/h3,8-9,12,16H,2,4-7,10H2,1H3. The first-order chi connectivity index (χ1) is 9.18. The van der Waals surface area contributed by atoms with Gasteiger partial charge < -0.3 is 4.90 Å². The Bertz CT molecular complexity index is 502. The highest BCUT2D eigenvalue weighted by Crippen LogP contribution is 2.53. The minimum absolute atomic E-state index is 0.116. The third-order valence-corrected chi connectivity index (χ3v) is 5.92. The lowest BCUT2D eigenvalue weighted by molar-refractivity contribution is -0.131. The number of carbonyl (C=O) groups excluding carboxylic acids is 1. The van der Waals surface area contributed by atoms with Crippen molar-refractivity contribution in [3.8, 4) is 0 Å². The molecule has 4 rings (SSSR count). The van der Waals surface area contributed by atoms with Crippen molar-refractivity contribution in [3.63, 3.8) is 0 Å². The number of hydrogen-bond acceptors (Lipinski definition) is 3. The van der Waals surface area contributed by atoms with Crippen molar-refractivity contribution >= 4 is 17.2 Å². The van der Waals surface area contributed by atoms with E-state index in [9.17, 15) is 4.79 Å². The van der Waals surface area contributed by atoms with Crippen LogP contribution in [0, 0.1) is 5.41 Å². The van der Waals surface area contributed by atoms with Gasteiger partial charge in [-0.3, -0.25) is 10.1 Å². The molecule has 0 bridgehead atoms. The van der Waals surface area contributed by atoms with E-state index in [-0.39, 0.29) is 11.7 Å². The van der Waals surface area contributed by atoms with E-state index >= 15 is 0 Å². The maximum Gasteiger partial charge on any atom is 0.244 e. The number of nitrogens with zero attached hydrogens (tertiary/aromatic N) is 1. The van der Waals surface area contributed by atoms with Crippen molar-refractivity contribution < 1.29 is 4.79 Å². The summed E-state index contributed by atoms with van der Waals surface area (Å²) in [7, 11) is 0. The van der Waals surface area contributed by atoms with Crippen LogP contribution < -0.4 is 5.32 Å². The minimum atomic E-state index is -0.198. The molecule has 1 atom stereocenters. The molecule has 2 heterocycles. The molecular formula is C15H20N2OS. The second-order valence-electron chi connectivity index (χ2n) is 6.47. The quantitative estimate of drug-likeness (QED) is 0.917. The lowest BCUT2D eigenvalue weighted by Crippen LogP contribution is -2.36. The predicted octanol–water partition coefficient (Wildman–Crippen LogP) is 2.90. The first-order valence-electron chi connectivity index (χ1n) is 7.29. The van der Waals surface area contributed by atoms with Crippen molar-refractivity contribution in [2.75, 3.05) is 6.54 Å². The van der Waals surface area contributed by atoms with Gasteiger partial charge in [-0.05, 0) is 59.9 Å². The SMILES string of the molecule is CCC1(CN2C(=O)C3(CC3)NC2c2ccsc2)CC1. The van der Waals surface area contributed by atoms with Crippen LogP contribution >= 0.6 is 11.3 Å². The van der Waals surface area contributed by atoms with Gasteiger partial charge in [0.15, 0.2) is 0 Å². The van der Waals surface area contributed by atoms with Gasteiger partial charge in [0.2, 0.25) is 5.91 Å². The summed E-state index contributed by atoms with van der Waals surface area (Å²) in [6.07, 6.45) is 5.92. The highest BCUT2D eigenvalue weighted by atomic mass is 32.1. The molecule has 1 saturated heterocycles. The molecule has 4 heteroatoms. The van der Waals surface area contributed by atoms with Crippen molar-refractivity contribution in [1.82, 2.24) is 10.2 Å². The molecule has 1 aromatic rings. The van der Waals surface area contributed by atoms with Crippen LogP contribution in [0.4, 0.5) is 0 Å². The number of nitrogens with one attached hydrogen (secondary N) is 1. The summed E-state index contributed by atoms with van der Waals surface area (Å²) in [5.74, 6) is 0.350. The van der Waals surface area contributed by atoms with Crippen LogP contribution in [0.15, 0.2) is 16.8 Å². The Hall–Kier alpha value is -0.870. The minimum Gasteiger partial charge on any atom is -0.321 e. The maximum absolute atomic E-state index is 12.7. The fourth-order valence-electron chi connectivity index (χ4n) is 3.30. The zero-order valence-electron chi connectivity index (χ0n) is 11.3. The summed E-state index contributed by atoms with van der Waals surface area (Å²) in [5.41, 5.74) is 1.48. The molecule has 0 radical (unpaired) electrons. The van der Waals surface area contributed by atoms with Crippen LogP contribution in [0.2, 0.25) is 0 Å². The van der Waals surface area contributed by atoms with E-state index < -0.39 is 0 Å². The molecule has 1 unspecified atom stereocenters. The molecule has 3 fully saturated rings. The number of rotatable bonds is 4. The molecule has 3 nitrogen and oxygen atoms in total. The van der Waals surface area contributed by atoms with Crippen LogP contribution in [0.5, 0.6) is 0 Å². The predicted molar refractivity (Wildman–Crippen MR) is 75.8 cm³/mol. The van der Waals surface area contributed by atoms with E-state index in [4.69, 9.17) is 0 Å². The summed E-state index contributed by atoms with van der Waals surface area (Å²) in [4.78, 5) is 14.8. The van der Waals surface area contributed by atoms with Gasteiger partial charge in [0.25, 0.3) is 0 Å². The van der Waals surface area contributed by atoms with E-state index in [0.717, 1.165) is 19.4 Å². The van der Waals surface area contributed by atoms with Crippen LogP contribution in [0.1, 0.15) is 50.8 Å². The number of carbonyl (C=O) groups is 1. The lowest BCUT2D eigenvalue weighted by Gasteiger charge is -2.28. The Morgan fingerprint density at radius 2 is 2.21 bits per heavy atom. The number of amides is 1. The van der Waals surface area contributed by atoms with E-state index in [0.29, 0.717) is 11.3 Å². The molecule has 1 spiro atoms. The topological polar surface area (TPSA) is 32.3 Å². The van der Waals surface area contributed by atoms with Crippen molar-refractivity contribution in [3.05, 3.63) is 22.4 Å². The van der Waals surface area contributed by atoms with Crippen LogP contribution in [0.3, 0.4) is 0 Å². The molecule has 2 aliphatic carbocycles. The normalized spacial score (nSPS) is 30.1. The van der Waals surface area contributed by atoms with Gasteiger partial charge in [0, 0.05) is 6.54 Å². The Kier molecular flexibility index (Phi) is 2.40. The highest BCUT2D eigenvalue weighted by Gasteiger charge is 2.60. The Labute approximate surface area is 118 Å². The summed E-state index contributed by atoms with van der Waals surface area (Å²) >= 11 is 1.71. The zero-order valence-corrected chi connectivity index (χ0v) is 12.1. The third-order valence-electron chi connectivity index (χ3n) is 5.22. The summed E-state index contributed by atoms with van der Waals surface area (Å²) in [6, 6.07) is 2.15. The molecule has 102 valence electrons. The Morgan fingerprint density at radius 1 is 1.42 bits per heavy atom. The molecule has 1 amide bonds. The molecule has 0 aromatic carbocycles. The smallest absolute Gasteiger partial charge is 0.244 e. The highest BCUT2D eigenvalue weighted by molar-refractivity contribution is 7.07. The fraction of sp³-hybridized carbons (Fsp3) is 0.667. The van der Waals surface area contributed by atoms with E-state index in [1.807, 2.05) is 0 Å². The first kappa shape index (κ1) is 11.9. The summed E-state index contributed by atoms with van der Waals surface area (Å²) in [5, 5.41) is 7.87. The molecular weight excluding hydrogens is 256 g/mol. The van der Waals surface area contributed by atoms with Crippen LogP contribution in [0.25, 0.3) is 0 Å². The van der Waals surface area contributed by atoms with Crippen molar-refractivity contribution in [2.45, 2.75) is 50.7 Å². The van der Waals surface area contributed by atoms with E-state index in [2.05, 4.69) is 34.0 Å². The van der Waals surface area contributed by atoms with Crippen molar-refractivity contribution in [1.29, 1.82) is 0 Å². The second-order valence-corrected chi connectivity index (χ2v) is 7.25. The summed E-state index contributed by atoms with van der Waals surface area (Å²) in [6.45, 7) is 3.20. The summed E-state index contributed by atoms with van der Waals surface area (Å²) < 4.78 is 0. The first-order valence-corrected chi connectivity index (χ1v) is 8.23. The average molecular weight is 276 g/mol. The van der Waals surface area contributed by atoms with Crippen molar-refractivity contribution in [2.24, 2.45) is 5.41 Å². The lowest BCUT2D eigenvalue weighted by atomic mass is 10.0. The van der Waals surface area contributed by atoms with Crippen LogP contribution in [-0.2, 0) is 4.79 Å². The number of thiophene rings is 1. The van der Waals surface area contributed by atoms with Gasteiger partial charge in [-0.2, -0.15) is 11.3 Å². The Balaban J connectivity index is 1.63. The van der Waals surface area contributed by atoms with Gasteiger partial charge in [0.1, 0.15) is 11.7 Å².